The zero-order chi connectivity index (χ0) is 22.6. The van der Waals surface area contributed by atoms with E-state index in [1.807, 2.05) is 4.90 Å². The number of anilines is 1. The van der Waals surface area contributed by atoms with Crippen molar-refractivity contribution in [2.75, 3.05) is 24.5 Å². The van der Waals surface area contributed by atoms with Crippen molar-refractivity contribution in [1.82, 2.24) is 15.2 Å². The lowest BCUT2D eigenvalue weighted by Crippen LogP contribution is -2.60. The van der Waals surface area contributed by atoms with Crippen LogP contribution in [0, 0.1) is 17.2 Å². The average molecular weight is 438 g/mol. The fourth-order valence-electron chi connectivity index (χ4n) is 5.13. The largest absolute Gasteiger partial charge is 0.370 e. The number of pyridine rings is 1. The van der Waals surface area contributed by atoms with Gasteiger partial charge in [-0.2, -0.15) is 5.26 Å². The highest BCUT2D eigenvalue weighted by atomic mass is 16.5. The van der Waals surface area contributed by atoms with Gasteiger partial charge in [-0.3, -0.25) is 0 Å². The first-order chi connectivity index (χ1) is 15.3. The number of hydrogen-bond donors (Lipinski definition) is 1. The molecule has 2 saturated carbocycles. The van der Waals surface area contributed by atoms with Crippen LogP contribution in [0.3, 0.4) is 0 Å². The Balaban J connectivity index is 1.48. The first-order valence-corrected chi connectivity index (χ1v) is 12.2. The minimum atomic E-state index is -0.280. The van der Waals surface area contributed by atoms with Gasteiger partial charge in [0.05, 0.1) is 29.5 Å². The molecule has 1 saturated heterocycles. The second kappa shape index (κ2) is 7.91. The van der Waals surface area contributed by atoms with Crippen LogP contribution in [0.4, 0.5) is 10.6 Å². The SMILES string of the molecule is CC(C)[C@@H]1CN(c2nc(C3CC3)c3c(c2C#N)CC(C)(C)OC3)CCN1C(=O)NC1CC1. The number of urea groups is 1. The molecule has 1 atom stereocenters. The smallest absolute Gasteiger partial charge is 0.317 e. The Hall–Kier alpha value is -2.33. The van der Waals surface area contributed by atoms with E-state index in [4.69, 9.17) is 9.72 Å². The predicted molar refractivity (Wildman–Crippen MR) is 123 cm³/mol. The number of nitrogens with zero attached hydrogens (tertiary/aromatic N) is 4. The number of carbonyl (C=O) groups excluding carboxylic acids is 1. The molecule has 0 aromatic carbocycles. The van der Waals surface area contributed by atoms with Gasteiger partial charge in [0.15, 0.2) is 0 Å². The molecule has 0 spiro atoms. The number of hydrogen-bond acceptors (Lipinski definition) is 5. The van der Waals surface area contributed by atoms with E-state index in [1.54, 1.807) is 0 Å². The maximum atomic E-state index is 12.9. The second-order valence-electron chi connectivity index (χ2n) is 10.9. The highest BCUT2D eigenvalue weighted by Gasteiger charge is 2.40. The molecule has 172 valence electrons. The molecule has 2 aliphatic heterocycles. The number of carbonyl (C=O) groups is 1. The third-order valence-electron chi connectivity index (χ3n) is 7.36. The van der Waals surface area contributed by atoms with Gasteiger partial charge in [-0.05, 0) is 51.0 Å². The normalized spacial score (nSPS) is 24.8. The molecule has 0 radical (unpaired) electrons. The molecular formula is C25H35N5O2. The van der Waals surface area contributed by atoms with E-state index in [9.17, 15) is 10.1 Å². The molecule has 32 heavy (non-hydrogen) atoms. The summed E-state index contributed by atoms with van der Waals surface area (Å²) in [4.78, 5) is 22.2. The van der Waals surface area contributed by atoms with Crippen LogP contribution in [-0.4, -0.2) is 53.2 Å². The molecule has 3 fully saturated rings. The molecule has 1 aromatic heterocycles. The Morgan fingerprint density at radius 1 is 1.22 bits per heavy atom. The molecule has 1 aromatic rings. The third-order valence-corrected chi connectivity index (χ3v) is 7.36. The molecule has 2 aliphatic carbocycles. The van der Waals surface area contributed by atoms with Crippen LogP contribution in [0.5, 0.6) is 0 Å². The number of rotatable bonds is 4. The fourth-order valence-corrected chi connectivity index (χ4v) is 5.13. The molecule has 7 nitrogen and oxygen atoms in total. The van der Waals surface area contributed by atoms with Crippen LogP contribution in [0.25, 0.3) is 0 Å². The van der Waals surface area contributed by atoms with E-state index >= 15 is 0 Å². The molecule has 1 N–H and O–H groups in total. The van der Waals surface area contributed by atoms with Gasteiger partial charge in [0.1, 0.15) is 11.9 Å². The standard InChI is InChI=1S/C25H35N5O2/c1-15(2)21-13-29(9-10-30(21)24(31)27-17-7-8-17)23-19(12-26)18-11-25(3,4)32-14-20(18)22(28-23)16-5-6-16/h15-17,21H,5-11,13-14H2,1-4H3,(H,27,31)/t21-/m0/s1. The van der Waals surface area contributed by atoms with Gasteiger partial charge in [0, 0.05) is 43.6 Å². The molecule has 2 amide bonds. The fraction of sp³-hybridized carbons (Fsp3) is 0.720. The van der Waals surface area contributed by atoms with Crippen molar-refractivity contribution in [3.8, 4) is 6.07 Å². The maximum Gasteiger partial charge on any atom is 0.317 e. The monoisotopic (exact) mass is 437 g/mol. The highest BCUT2D eigenvalue weighted by Crippen LogP contribution is 2.46. The van der Waals surface area contributed by atoms with Gasteiger partial charge in [-0.15, -0.1) is 0 Å². The van der Waals surface area contributed by atoms with Gasteiger partial charge in [0.25, 0.3) is 0 Å². The first kappa shape index (κ1) is 21.5. The average Bonchev–Trinajstić information content (AvgIpc) is 3.66. The van der Waals surface area contributed by atoms with Gasteiger partial charge >= 0.3 is 6.03 Å². The zero-order valence-corrected chi connectivity index (χ0v) is 19.8. The number of piperazine rings is 1. The van der Waals surface area contributed by atoms with Crippen LogP contribution >= 0.6 is 0 Å². The van der Waals surface area contributed by atoms with Crippen molar-refractivity contribution >= 4 is 11.8 Å². The van der Waals surface area contributed by atoms with Crippen molar-refractivity contribution in [3.05, 3.63) is 22.4 Å². The van der Waals surface area contributed by atoms with E-state index in [-0.39, 0.29) is 17.7 Å². The summed E-state index contributed by atoms with van der Waals surface area (Å²) >= 11 is 0. The summed E-state index contributed by atoms with van der Waals surface area (Å²) in [7, 11) is 0. The topological polar surface area (TPSA) is 81.5 Å². The van der Waals surface area contributed by atoms with Crippen molar-refractivity contribution in [3.63, 3.8) is 0 Å². The maximum absolute atomic E-state index is 12.9. The summed E-state index contributed by atoms with van der Waals surface area (Å²) in [6.07, 6.45) is 5.24. The molecule has 0 bridgehead atoms. The van der Waals surface area contributed by atoms with Gasteiger partial charge in [0.2, 0.25) is 0 Å². The number of fused-ring (bicyclic) bond motifs is 1. The van der Waals surface area contributed by atoms with Crippen molar-refractivity contribution < 1.29 is 9.53 Å². The summed E-state index contributed by atoms with van der Waals surface area (Å²) in [6.45, 7) is 11.1. The zero-order valence-electron chi connectivity index (χ0n) is 19.8. The number of ether oxygens (including phenoxy) is 1. The summed E-state index contributed by atoms with van der Waals surface area (Å²) < 4.78 is 6.11. The van der Waals surface area contributed by atoms with E-state index in [1.165, 1.54) is 0 Å². The minimum Gasteiger partial charge on any atom is -0.370 e. The van der Waals surface area contributed by atoms with Crippen molar-refractivity contribution in [2.45, 2.75) is 90.0 Å². The lowest BCUT2D eigenvalue weighted by Gasteiger charge is -2.44. The number of nitriles is 1. The van der Waals surface area contributed by atoms with E-state index in [2.05, 4.69) is 44.0 Å². The molecule has 5 rings (SSSR count). The van der Waals surface area contributed by atoms with E-state index in [0.29, 0.717) is 49.7 Å². The van der Waals surface area contributed by atoms with Crippen molar-refractivity contribution in [2.24, 2.45) is 5.92 Å². The summed E-state index contributed by atoms with van der Waals surface area (Å²) in [5.41, 5.74) is 3.84. The first-order valence-electron chi connectivity index (χ1n) is 12.2. The minimum absolute atomic E-state index is 0.0577. The van der Waals surface area contributed by atoms with Crippen LogP contribution in [0.1, 0.15) is 81.7 Å². The molecular weight excluding hydrogens is 402 g/mol. The Labute approximate surface area is 191 Å². The summed E-state index contributed by atoms with van der Waals surface area (Å²) in [5, 5.41) is 13.4. The lowest BCUT2D eigenvalue weighted by atomic mass is 9.87. The third kappa shape index (κ3) is 4.05. The Kier molecular flexibility index (Phi) is 5.32. The highest BCUT2D eigenvalue weighted by molar-refractivity contribution is 5.76. The molecule has 3 heterocycles. The quantitative estimate of drug-likeness (QED) is 0.777. The molecule has 4 aliphatic rings. The molecule has 0 unspecified atom stereocenters. The van der Waals surface area contributed by atoms with E-state index < -0.39 is 0 Å². The van der Waals surface area contributed by atoms with Gasteiger partial charge < -0.3 is 19.9 Å². The molecule has 7 heteroatoms. The van der Waals surface area contributed by atoms with Gasteiger partial charge in [-0.25, -0.2) is 9.78 Å². The van der Waals surface area contributed by atoms with Crippen LogP contribution in [0.15, 0.2) is 0 Å². The predicted octanol–water partition coefficient (Wildman–Crippen LogP) is 3.70. The number of aromatic nitrogens is 1. The van der Waals surface area contributed by atoms with E-state index in [0.717, 1.165) is 54.7 Å². The number of nitrogens with one attached hydrogen (secondary N) is 1. The lowest BCUT2D eigenvalue weighted by molar-refractivity contribution is -0.0407. The van der Waals surface area contributed by atoms with Crippen LogP contribution in [-0.2, 0) is 17.8 Å². The van der Waals surface area contributed by atoms with Crippen LogP contribution < -0.4 is 10.2 Å². The van der Waals surface area contributed by atoms with Gasteiger partial charge in [-0.1, -0.05) is 13.8 Å². The summed E-state index contributed by atoms with van der Waals surface area (Å²) in [6, 6.07) is 3.01. The van der Waals surface area contributed by atoms with Crippen LogP contribution in [0.2, 0.25) is 0 Å². The van der Waals surface area contributed by atoms with Crippen molar-refractivity contribution in [1.29, 1.82) is 5.26 Å². The Morgan fingerprint density at radius 3 is 2.59 bits per heavy atom. The Bertz CT molecular complexity index is 958. The Morgan fingerprint density at radius 2 is 1.97 bits per heavy atom. The second-order valence-corrected chi connectivity index (χ2v) is 10.9. The number of amides is 2. The summed E-state index contributed by atoms with van der Waals surface area (Å²) in [5.74, 6) is 1.63.